The molecule has 0 aromatic carbocycles. The monoisotopic (exact) mass is 290 g/mol. The van der Waals surface area contributed by atoms with Gasteiger partial charge in [0.15, 0.2) is 0 Å². The predicted octanol–water partition coefficient (Wildman–Crippen LogP) is 1.10. The molecule has 1 saturated carbocycles. The summed E-state index contributed by atoms with van der Waals surface area (Å²) in [7, 11) is 0. The Balaban J connectivity index is 1.83. The van der Waals surface area contributed by atoms with Crippen LogP contribution in [0.3, 0.4) is 0 Å². The molecule has 2 heterocycles. The second-order valence-corrected chi connectivity index (χ2v) is 6.05. The summed E-state index contributed by atoms with van der Waals surface area (Å²) in [4.78, 5) is 21.9. The minimum absolute atomic E-state index is 0.197. The maximum absolute atomic E-state index is 11.3. The Kier molecular flexibility index (Phi) is 4.05. The van der Waals surface area contributed by atoms with Gasteiger partial charge in [0.25, 0.3) is 5.91 Å². The van der Waals surface area contributed by atoms with E-state index in [0.717, 1.165) is 38.6 Å². The van der Waals surface area contributed by atoms with Crippen LogP contribution in [0.2, 0.25) is 0 Å². The molecule has 3 N–H and O–H groups in total. The Morgan fingerprint density at radius 1 is 1.24 bits per heavy atom. The summed E-state index contributed by atoms with van der Waals surface area (Å²) < 4.78 is 0. The number of nitrogens with two attached hydrogens (primary N) is 1. The van der Waals surface area contributed by atoms with Crippen LogP contribution < -0.4 is 10.6 Å². The fourth-order valence-corrected chi connectivity index (χ4v) is 3.72. The molecule has 6 heteroatoms. The summed E-state index contributed by atoms with van der Waals surface area (Å²) in [5, 5.41) is 10.3. The maximum Gasteiger partial charge on any atom is 0.268 e. The van der Waals surface area contributed by atoms with Crippen LogP contribution in [0.25, 0.3) is 0 Å². The van der Waals surface area contributed by atoms with E-state index in [0.29, 0.717) is 11.7 Å². The lowest BCUT2D eigenvalue weighted by molar-refractivity contribution is 0.0565. The van der Waals surface area contributed by atoms with Crippen molar-refractivity contribution in [3.63, 3.8) is 0 Å². The molecule has 2 aliphatic rings. The van der Waals surface area contributed by atoms with E-state index in [-0.39, 0.29) is 17.8 Å². The van der Waals surface area contributed by atoms with Gasteiger partial charge in [0.05, 0.1) is 18.5 Å². The number of carbonyl (C=O) groups excluding carboxylic acids is 1. The lowest BCUT2D eigenvalue weighted by atomic mass is 9.80. The van der Waals surface area contributed by atoms with Crippen molar-refractivity contribution in [3.8, 4) is 0 Å². The summed E-state index contributed by atoms with van der Waals surface area (Å²) in [5.41, 5.74) is 5.48. The molecule has 1 aliphatic carbocycles. The van der Waals surface area contributed by atoms with Crippen molar-refractivity contribution in [1.29, 1.82) is 0 Å². The van der Waals surface area contributed by atoms with Crippen molar-refractivity contribution in [1.82, 2.24) is 9.97 Å². The third kappa shape index (κ3) is 2.85. The fraction of sp³-hybridized carbons (Fsp3) is 0.667. The molecule has 21 heavy (non-hydrogen) atoms. The summed E-state index contributed by atoms with van der Waals surface area (Å²) in [5.74, 6) is 0.435. The number of hydrogen-bond donors (Lipinski definition) is 2. The summed E-state index contributed by atoms with van der Waals surface area (Å²) in [6.45, 7) is 0.894. The Morgan fingerprint density at radius 2 is 2.05 bits per heavy atom. The Bertz CT molecular complexity index is 522. The van der Waals surface area contributed by atoms with Crippen LogP contribution in [0, 0.1) is 5.92 Å². The van der Waals surface area contributed by atoms with Gasteiger partial charge in [-0.05, 0) is 25.7 Å². The lowest BCUT2D eigenvalue weighted by Crippen LogP contribution is -2.43. The van der Waals surface area contributed by atoms with Gasteiger partial charge in [0.1, 0.15) is 11.5 Å². The molecule has 1 aliphatic heterocycles. The highest BCUT2D eigenvalue weighted by molar-refractivity contribution is 5.90. The minimum atomic E-state index is -0.558. The van der Waals surface area contributed by atoms with Gasteiger partial charge >= 0.3 is 0 Å². The van der Waals surface area contributed by atoms with Gasteiger partial charge in [0, 0.05) is 18.5 Å². The van der Waals surface area contributed by atoms with Crippen LogP contribution in [-0.2, 0) is 0 Å². The first kappa shape index (κ1) is 14.3. The van der Waals surface area contributed by atoms with E-state index in [4.69, 9.17) is 5.73 Å². The first-order valence-corrected chi connectivity index (χ1v) is 7.73. The summed E-state index contributed by atoms with van der Waals surface area (Å²) >= 11 is 0. The first-order valence-electron chi connectivity index (χ1n) is 7.73. The van der Waals surface area contributed by atoms with Crippen LogP contribution in [-0.4, -0.2) is 39.7 Å². The predicted molar refractivity (Wildman–Crippen MR) is 78.9 cm³/mol. The van der Waals surface area contributed by atoms with E-state index < -0.39 is 5.91 Å². The number of anilines is 1. The molecule has 2 fully saturated rings. The molecule has 3 rings (SSSR count). The highest BCUT2D eigenvalue weighted by Crippen LogP contribution is 2.36. The maximum atomic E-state index is 11.3. The molecule has 0 radical (unpaired) electrons. The molecule has 1 saturated heterocycles. The molecule has 114 valence electrons. The highest BCUT2D eigenvalue weighted by atomic mass is 16.3. The van der Waals surface area contributed by atoms with Crippen molar-refractivity contribution >= 4 is 11.7 Å². The zero-order valence-electron chi connectivity index (χ0n) is 12.1. The summed E-state index contributed by atoms with van der Waals surface area (Å²) in [6, 6.07) is 0.290. The highest BCUT2D eigenvalue weighted by Gasteiger charge is 2.37. The molecule has 0 spiro atoms. The van der Waals surface area contributed by atoms with Gasteiger partial charge in [-0.3, -0.25) is 9.78 Å². The zero-order chi connectivity index (χ0) is 14.8. The molecule has 1 aromatic rings. The normalized spacial score (nSPS) is 29.6. The number of carbonyl (C=O) groups is 1. The van der Waals surface area contributed by atoms with Gasteiger partial charge in [-0.1, -0.05) is 12.8 Å². The van der Waals surface area contributed by atoms with Gasteiger partial charge in [0.2, 0.25) is 0 Å². The number of nitrogens with zero attached hydrogens (tertiary/aromatic N) is 3. The van der Waals surface area contributed by atoms with Crippen molar-refractivity contribution in [2.45, 2.75) is 50.7 Å². The molecule has 1 amide bonds. The molecule has 1 aromatic heterocycles. The van der Waals surface area contributed by atoms with Gasteiger partial charge < -0.3 is 15.7 Å². The van der Waals surface area contributed by atoms with Crippen LogP contribution in [0.1, 0.15) is 49.0 Å². The topological polar surface area (TPSA) is 92.3 Å². The van der Waals surface area contributed by atoms with Crippen LogP contribution in [0.5, 0.6) is 0 Å². The van der Waals surface area contributed by atoms with Crippen molar-refractivity contribution < 1.29 is 9.90 Å². The van der Waals surface area contributed by atoms with Crippen molar-refractivity contribution in [2.24, 2.45) is 11.7 Å². The number of primary amides is 1. The summed E-state index contributed by atoms with van der Waals surface area (Å²) in [6.07, 6.45) is 9.23. The standard InChI is InChI=1S/C15H22N4O2/c16-15(21)11-8-17-9-14(18-11)19-7-3-5-12(19)10-4-1-2-6-13(10)20/h8-10,12-13,20H,1-7H2,(H2,16,21)/t10-,12+,13+/m0/s1. The third-order valence-corrected chi connectivity index (χ3v) is 4.74. The smallest absolute Gasteiger partial charge is 0.268 e. The number of amides is 1. The molecular formula is C15H22N4O2. The minimum Gasteiger partial charge on any atom is -0.393 e. The second kappa shape index (κ2) is 5.97. The quantitative estimate of drug-likeness (QED) is 0.869. The molecule has 0 bridgehead atoms. The number of hydrogen-bond acceptors (Lipinski definition) is 5. The van der Waals surface area contributed by atoms with E-state index >= 15 is 0 Å². The Hall–Kier alpha value is -1.69. The zero-order valence-corrected chi connectivity index (χ0v) is 12.1. The SMILES string of the molecule is NC(=O)c1cncc(N2CCC[C@@H]2[C@@H]2CCCC[C@H]2O)n1. The largest absolute Gasteiger partial charge is 0.393 e. The van der Waals surface area contributed by atoms with E-state index in [2.05, 4.69) is 14.9 Å². The first-order chi connectivity index (χ1) is 10.2. The number of aliphatic hydroxyl groups is 1. The van der Waals surface area contributed by atoms with E-state index in [9.17, 15) is 9.90 Å². The van der Waals surface area contributed by atoms with Crippen LogP contribution in [0.4, 0.5) is 5.82 Å². The number of rotatable bonds is 3. The molecule has 3 atom stereocenters. The molecular weight excluding hydrogens is 268 g/mol. The van der Waals surface area contributed by atoms with Crippen LogP contribution in [0.15, 0.2) is 12.4 Å². The van der Waals surface area contributed by atoms with Gasteiger partial charge in [-0.2, -0.15) is 0 Å². The van der Waals surface area contributed by atoms with Crippen molar-refractivity contribution in [2.75, 3.05) is 11.4 Å². The van der Waals surface area contributed by atoms with Crippen LogP contribution >= 0.6 is 0 Å². The molecule has 6 nitrogen and oxygen atoms in total. The van der Waals surface area contributed by atoms with Gasteiger partial charge in [-0.25, -0.2) is 4.98 Å². The van der Waals surface area contributed by atoms with Gasteiger partial charge in [-0.15, -0.1) is 0 Å². The Labute approximate surface area is 124 Å². The second-order valence-electron chi connectivity index (χ2n) is 6.05. The van der Waals surface area contributed by atoms with Crippen molar-refractivity contribution in [3.05, 3.63) is 18.1 Å². The number of aliphatic hydroxyl groups excluding tert-OH is 1. The molecule has 0 unspecified atom stereocenters. The van der Waals surface area contributed by atoms with E-state index in [1.807, 2.05) is 0 Å². The van der Waals surface area contributed by atoms with E-state index in [1.165, 1.54) is 12.6 Å². The third-order valence-electron chi connectivity index (χ3n) is 4.74. The number of aromatic nitrogens is 2. The fourth-order valence-electron chi connectivity index (χ4n) is 3.72. The lowest BCUT2D eigenvalue weighted by Gasteiger charge is -2.37. The Morgan fingerprint density at radius 3 is 2.81 bits per heavy atom. The average Bonchev–Trinajstić information content (AvgIpc) is 2.97. The van der Waals surface area contributed by atoms with E-state index in [1.54, 1.807) is 6.20 Å². The average molecular weight is 290 g/mol.